The first-order valence-electron chi connectivity index (χ1n) is 12.8. The van der Waals surface area contributed by atoms with Crippen LogP contribution in [0.2, 0.25) is 0 Å². The van der Waals surface area contributed by atoms with Gasteiger partial charge in [0.25, 0.3) is 5.96 Å². The summed E-state index contributed by atoms with van der Waals surface area (Å²) >= 11 is 0. The highest BCUT2D eigenvalue weighted by molar-refractivity contribution is 5.73. The number of quaternary nitrogens is 1. The van der Waals surface area contributed by atoms with Gasteiger partial charge in [0.1, 0.15) is 0 Å². The molecule has 0 aliphatic carbocycles. The van der Waals surface area contributed by atoms with Crippen LogP contribution in [-0.4, -0.2) is 54.6 Å². The molecule has 0 aromatic rings. The van der Waals surface area contributed by atoms with E-state index in [1.54, 1.807) is 0 Å². The first-order valence-corrected chi connectivity index (χ1v) is 12.8. The number of unbranched alkanes of at least 4 members (excludes halogenated alkanes) is 6. The van der Waals surface area contributed by atoms with Crippen LogP contribution in [0.15, 0.2) is 4.99 Å². The summed E-state index contributed by atoms with van der Waals surface area (Å²) in [5.41, 5.74) is 0. The molecular weight excluding hydrogens is 422 g/mol. The smallest absolute Gasteiger partial charge is 0.300 e. The first kappa shape index (κ1) is 31.1. The SMILES string of the molecule is CCCC/N=C(\N(CCCC)CCCC)[N+](CCCC)(CCCC)CCCC.[Br-]. The van der Waals surface area contributed by atoms with Gasteiger partial charge in [-0.15, -0.1) is 0 Å². The zero-order chi connectivity index (χ0) is 21.1. The molecule has 176 valence electrons. The van der Waals surface area contributed by atoms with Crippen LogP contribution in [0.5, 0.6) is 0 Å². The van der Waals surface area contributed by atoms with Crippen molar-refractivity contribution in [3.63, 3.8) is 0 Å². The number of guanidine groups is 1. The number of halogens is 1. The summed E-state index contributed by atoms with van der Waals surface area (Å²) in [5.74, 6) is 1.45. The van der Waals surface area contributed by atoms with Crippen LogP contribution in [0, 0.1) is 0 Å². The number of rotatable bonds is 18. The van der Waals surface area contributed by atoms with Crippen molar-refractivity contribution in [1.29, 1.82) is 0 Å². The van der Waals surface area contributed by atoms with E-state index in [1.165, 1.54) is 116 Å². The van der Waals surface area contributed by atoms with Crippen molar-refractivity contribution in [2.24, 2.45) is 4.99 Å². The molecule has 0 aliphatic heterocycles. The quantitative estimate of drug-likeness (QED) is 0.125. The highest BCUT2D eigenvalue weighted by Crippen LogP contribution is 2.20. The molecule has 0 saturated carbocycles. The van der Waals surface area contributed by atoms with Crippen LogP contribution in [0.4, 0.5) is 0 Å². The summed E-state index contributed by atoms with van der Waals surface area (Å²) in [6.07, 6.45) is 15.3. The Morgan fingerprint density at radius 2 is 0.966 bits per heavy atom. The summed E-state index contributed by atoms with van der Waals surface area (Å²) in [5, 5.41) is 0. The van der Waals surface area contributed by atoms with Crippen molar-refractivity contribution in [2.75, 3.05) is 39.3 Å². The monoisotopic (exact) mass is 475 g/mol. The molecule has 0 aromatic carbocycles. The summed E-state index contributed by atoms with van der Waals surface area (Å²) in [6.45, 7) is 21.1. The number of hydrogen-bond acceptors (Lipinski definition) is 1. The van der Waals surface area contributed by atoms with E-state index in [2.05, 4.69) is 46.4 Å². The summed E-state index contributed by atoms with van der Waals surface area (Å²) in [4.78, 5) is 8.08. The van der Waals surface area contributed by atoms with Gasteiger partial charge < -0.3 is 21.9 Å². The zero-order valence-electron chi connectivity index (χ0n) is 20.9. The molecule has 0 spiro atoms. The minimum absolute atomic E-state index is 0. The fraction of sp³-hybridized carbons (Fsp3) is 0.960. The molecule has 0 atom stereocenters. The average molecular weight is 477 g/mol. The van der Waals surface area contributed by atoms with Gasteiger partial charge in [-0.3, -0.25) is 4.48 Å². The molecule has 0 radical (unpaired) electrons. The molecular formula is C25H54BrN3. The van der Waals surface area contributed by atoms with Crippen molar-refractivity contribution in [2.45, 2.75) is 119 Å². The maximum atomic E-state index is 5.37. The predicted molar refractivity (Wildman–Crippen MR) is 128 cm³/mol. The first-order chi connectivity index (χ1) is 13.7. The van der Waals surface area contributed by atoms with Crippen molar-refractivity contribution < 1.29 is 21.5 Å². The van der Waals surface area contributed by atoms with Gasteiger partial charge in [-0.1, -0.05) is 80.1 Å². The molecule has 0 amide bonds. The van der Waals surface area contributed by atoms with Crippen LogP contribution in [0.3, 0.4) is 0 Å². The average Bonchev–Trinajstić information content (AvgIpc) is 2.72. The normalized spacial score (nSPS) is 12.1. The fourth-order valence-corrected chi connectivity index (χ4v) is 3.91. The molecule has 0 aliphatic rings. The molecule has 0 saturated heterocycles. The van der Waals surface area contributed by atoms with Crippen molar-refractivity contribution in [3.05, 3.63) is 0 Å². The maximum Gasteiger partial charge on any atom is 0.300 e. The lowest BCUT2D eigenvalue weighted by Crippen LogP contribution is -3.00. The third-order valence-electron chi connectivity index (χ3n) is 5.85. The van der Waals surface area contributed by atoms with E-state index in [9.17, 15) is 0 Å². The van der Waals surface area contributed by atoms with E-state index in [1.807, 2.05) is 0 Å². The molecule has 0 unspecified atom stereocenters. The van der Waals surface area contributed by atoms with Gasteiger partial charge in [-0.25, -0.2) is 4.99 Å². The largest absolute Gasteiger partial charge is 1.00 e. The highest BCUT2D eigenvalue weighted by atomic mass is 79.9. The molecule has 0 fully saturated rings. The van der Waals surface area contributed by atoms with Crippen LogP contribution in [-0.2, 0) is 0 Å². The van der Waals surface area contributed by atoms with Gasteiger partial charge in [0.2, 0.25) is 0 Å². The van der Waals surface area contributed by atoms with Gasteiger partial charge in [0.15, 0.2) is 0 Å². The lowest BCUT2D eigenvalue weighted by atomic mass is 10.1. The van der Waals surface area contributed by atoms with Gasteiger partial charge in [-0.05, 0) is 38.5 Å². The summed E-state index contributed by atoms with van der Waals surface area (Å²) in [6, 6.07) is 0. The van der Waals surface area contributed by atoms with Crippen LogP contribution < -0.4 is 17.0 Å². The Hall–Kier alpha value is -0.0900. The van der Waals surface area contributed by atoms with E-state index in [0.29, 0.717) is 0 Å². The van der Waals surface area contributed by atoms with Crippen LogP contribution in [0.1, 0.15) is 119 Å². The zero-order valence-corrected chi connectivity index (χ0v) is 22.5. The predicted octanol–water partition coefficient (Wildman–Crippen LogP) is 4.27. The van der Waals surface area contributed by atoms with Crippen molar-refractivity contribution in [3.8, 4) is 0 Å². The lowest BCUT2D eigenvalue weighted by Gasteiger charge is -2.43. The Labute approximate surface area is 195 Å². The van der Waals surface area contributed by atoms with E-state index < -0.39 is 0 Å². The Morgan fingerprint density at radius 1 is 0.586 bits per heavy atom. The Kier molecular flexibility index (Phi) is 22.7. The summed E-state index contributed by atoms with van der Waals surface area (Å²) in [7, 11) is 0. The van der Waals surface area contributed by atoms with Gasteiger partial charge >= 0.3 is 0 Å². The van der Waals surface area contributed by atoms with Gasteiger partial charge in [0.05, 0.1) is 19.6 Å². The molecule has 4 heteroatoms. The minimum Gasteiger partial charge on any atom is -1.00 e. The second-order valence-corrected chi connectivity index (χ2v) is 8.61. The second kappa shape index (κ2) is 21.2. The van der Waals surface area contributed by atoms with E-state index in [4.69, 9.17) is 4.99 Å². The Morgan fingerprint density at radius 3 is 1.31 bits per heavy atom. The fourth-order valence-electron chi connectivity index (χ4n) is 3.91. The maximum absolute atomic E-state index is 5.37. The lowest BCUT2D eigenvalue weighted by molar-refractivity contribution is -0.848. The highest BCUT2D eigenvalue weighted by Gasteiger charge is 2.36. The van der Waals surface area contributed by atoms with Crippen molar-refractivity contribution in [1.82, 2.24) is 4.90 Å². The Balaban J connectivity index is 0. The molecule has 3 nitrogen and oxygen atoms in total. The van der Waals surface area contributed by atoms with Gasteiger partial charge in [0, 0.05) is 19.6 Å². The Bertz CT molecular complexity index is 341. The molecule has 0 rings (SSSR count). The van der Waals surface area contributed by atoms with E-state index >= 15 is 0 Å². The number of hydrogen-bond donors (Lipinski definition) is 0. The molecule has 0 N–H and O–H groups in total. The molecule has 0 bridgehead atoms. The molecule has 0 aromatic heterocycles. The van der Waals surface area contributed by atoms with E-state index in [0.717, 1.165) is 11.0 Å². The van der Waals surface area contributed by atoms with Crippen molar-refractivity contribution >= 4 is 5.96 Å². The van der Waals surface area contributed by atoms with Crippen LogP contribution in [0.25, 0.3) is 0 Å². The van der Waals surface area contributed by atoms with Crippen LogP contribution >= 0.6 is 0 Å². The topological polar surface area (TPSA) is 15.6 Å². The molecule has 0 heterocycles. The summed E-state index contributed by atoms with van der Waals surface area (Å²) < 4.78 is 1.15. The van der Waals surface area contributed by atoms with E-state index in [-0.39, 0.29) is 17.0 Å². The number of nitrogens with zero attached hydrogens (tertiary/aromatic N) is 3. The minimum atomic E-state index is 0. The standard InChI is InChI=1S/C25H54N3.BrH/c1-7-13-19-26-25(27(20-14-8-2)21-15-9-3)28(22-16-10-4,23-17-11-5)24-18-12-6;/h7-24H2,1-6H3;1H/q+1;/p-1/b26-25+;. The molecule has 29 heavy (non-hydrogen) atoms. The third kappa shape index (κ3) is 13.0. The number of aliphatic imine (C=N–C) groups is 1. The third-order valence-corrected chi connectivity index (χ3v) is 5.85. The second-order valence-electron chi connectivity index (χ2n) is 8.61. The van der Waals surface area contributed by atoms with Gasteiger partial charge in [-0.2, -0.15) is 0 Å².